The van der Waals surface area contributed by atoms with E-state index in [9.17, 15) is 5.11 Å². The minimum Gasteiger partial charge on any atom is -0.491 e. The predicted octanol–water partition coefficient (Wildman–Crippen LogP) is 2.49. The normalized spacial score (nSPS) is 12.3. The molecule has 0 saturated carbocycles. The van der Waals surface area contributed by atoms with Gasteiger partial charge in [-0.15, -0.1) is 0 Å². The fourth-order valence-electron chi connectivity index (χ4n) is 1.57. The first-order chi connectivity index (χ1) is 9.72. The van der Waals surface area contributed by atoms with Crippen LogP contribution < -0.4 is 10.1 Å². The molecule has 0 bridgehead atoms. The summed E-state index contributed by atoms with van der Waals surface area (Å²) >= 11 is 5.85. The molecule has 0 fully saturated rings. The van der Waals surface area contributed by atoms with Crippen molar-refractivity contribution in [2.75, 3.05) is 32.9 Å². The maximum atomic E-state index is 9.76. The number of hydrogen-bond donors (Lipinski definition) is 2. The summed E-state index contributed by atoms with van der Waals surface area (Å²) in [7, 11) is 0. The third-order valence-corrected chi connectivity index (χ3v) is 2.92. The molecule has 5 heteroatoms. The second-order valence-electron chi connectivity index (χ2n) is 4.59. The molecule has 1 atom stereocenters. The Kier molecular flexibility index (Phi) is 9.41. The molecule has 1 aromatic rings. The number of rotatable bonds is 11. The van der Waals surface area contributed by atoms with E-state index in [4.69, 9.17) is 21.1 Å². The van der Waals surface area contributed by atoms with E-state index in [1.807, 2.05) is 12.1 Å². The smallest absolute Gasteiger partial charge is 0.120 e. The molecule has 0 amide bonds. The van der Waals surface area contributed by atoms with Crippen molar-refractivity contribution in [3.63, 3.8) is 0 Å². The SMILES string of the molecule is CCCCOCCNCC(O)COc1cccc(Cl)c1. The average Bonchev–Trinajstić information content (AvgIpc) is 2.44. The molecule has 1 aromatic carbocycles. The largest absolute Gasteiger partial charge is 0.491 e. The van der Waals surface area contributed by atoms with Crippen LogP contribution in [0.5, 0.6) is 5.75 Å². The topological polar surface area (TPSA) is 50.7 Å². The zero-order valence-corrected chi connectivity index (χ0v) is 12.7. The van der Waals surface area contributed by atoms with Gasteiger partial charge in [-0.2, -0.15) is 0 Å². The Bertz CT molecular complexity index is 363. The van der Waals surface area contributed by atoms with Crippen molar-refractivity contribution in [3.05, 3.63) is 29.3 Å². The maximum absolute atomic E-state index is 9.76. The first kappa shape index (κ1) is 17.2. The monoisotopic (exact) mass is 301 g/mol. The molecule has 1 rings (SSSR count). The number of unbranched alkanes of at least 4 members (excludes halogenated alkanes) is 1. The molecule has 4 nitrogen and oxygen atoms in total. The van der Waals surface area contributed by atoms with Gasteiger partial charge in [0.1, 0.15) is 18.5 Å². The number of benzene rings is 1. The highest BCUT2D eigenvalue weighted by Crippen LogP contribution is 2.17. The summed E-state index contributed by atoms with van der Waals surface area (Å²) in [4.78, 5) is 0. The molecule has 0 aliphatic carbocycles. The fourth-order valence-corrected chi connectivity index (χ4v) is 1.75. The Labute approximate surface area is 126 Å². The summed E-state index contributed by atoms with van der Waals surface area (Å²) in [5, 5.41) is 13.5. The van der Waals surface area contributed by atoms with Crippen molar-refractivity contribution in [1.82, 2.24) is 5.32 Å². The molecule has 114 valence electrons. The van der Waals surface area contributed by atoms with Gasteiger partial charge < -0.3 is 19.9 Å². The zero-order valence-electron chi connectivity index (χ0n) is 12.0. The highest BCUT2D eigenvalue weighted by molar-refractivity contribution is 6.30. The standard InChI is InChI=1S/C15H24ClNO3/c1-2-3-8-19-9-7-17-11-14(18)12-20-15-6-4-5-13(16)10-15/h4-6,10,14,17-18H,2-3,7-9,11-12H2,1H3. The van der Waals surface area contributed by atoms with Gasteiger partial charge in [-0.3, -0.25) is 0 Å². The van der Waals surface area contributed by atoms with Gasteiger partial charge in [0.2, 0.25) is 0 Å². The third-order valence-electron chi connectivity index (χ3n) is 2.68. The maximum Gasteiger partial charge on any atom is 0.120 e. The van der Waals surface area contributed by atoms with Crippen molar-refractivity contribution in [1.29, 1.82) is 0 Å². The van der Waals surface area contributed by atoms with Crippen LogP contribution in [-0.2, 0) is 4.74 Å². The van der Waals surface area contributed by atoms with Gasteiger partial charge in [0.15, 0.2) is 0 Å². The molecule has 2 N–H and O–H groups in total. The second-order valence-corrected chi connectivity index (χ2v) is 5.03. The Morgan fingerprint density at radius 3 is 2.95 bits per heavy atom. The first-order valence-corrected chi connectivity index (χ1v) is 7.45. The van der Waals surface area contributed by atoms with E-state index in [0.717, 1.165) is 26.0 Å². The van der Waals surface area contributed by atoms with Crippen molar-refractivity contribution in [2.45, 2.75) is 25.9 Å². The number of aliphatic hydroxyl groups excluding tert-OH is 1. The highest BCUT2D eigenvalue weighted by atomic mass is 35.5. The molecular formula is C15H24ClNO3. The Morgan fingerprint density at radius 2 is 2.20 bits per heavy atom. The third kappa shape index (κ3) is 8.38. The molecule has 0 aliphatic rings. The van der Waals surface area contributed by atoms with Crippen LogP contribution in [0.15, 0.2) is 24.3 Å². The van der Waals surface area contributed by atoms with Crippen molar-refractivity contribution >= 4 is 11.6 Å². The number of aliphatic hydroxyl groups is 1. The summed E-state index contributed by atoms with van der Waals surface area (Å²) in [5.74, 6) is 0.666. The molecule has 0 saturated heterocycles. The first-order valence-electron chi connectivity index (χ1n) is 7.07. The van der Waals surface area contributed by atoms with Crippen LogP contribution in [-0.4, -0.2) is 44.1 Å². The van der Waals surface area contributed by atoms with E-state index in [2.05, 4.69) is 12.2 Å². The Morgan fingerprint density at radius 1 is 1.35 bits per heavy atom. The lowest BCUT2D eigenvalue weighted by molar-refractivity contribution is 0.0982. The van der Waals surface area contributed by atoms with Crippen LogP contribution in [0.1, 0.15) is 19.8 Å². The second kappa shape index (κ2) is 10.9. The molecule has 0 aromatic heterocycles. The van der Waals surface area contributed by atoms with E-state index in [-0.39, 0.29) is 6.61 Å². The lowest BCUT2D eigenvalue weighted by Crippen LogP contribution is -2.33. The fraction of sp³-hybridized carbons (Fsp3) is 0.600. The summed E-state index contributed by atoms with van der Waals surface area (Å²) in [6.07, 6.45) is 1.69. The number of nitrogens with one attached hydrogen (secondary N) is 1. The van der Waals surface area contributed by atoms with Crippen LogP contribution >= 0.6 is 11.6 Å². The van der Waals surface area contributed by atoms with E-state index < -0.39 is 6.10 Å². The van der Waals surface area contributed by atoms with Crippen molar-refractivity contribution in [2.24, 2.45) is 0 Å². The van der Waals surface area contributed by atoms with Gasteiger partial charge >= 0.3 is 0 Å². The van der Waals surface area contributed by atoms with Gasteiger partial charge in [-0.1, -0.05) is 31.0 Å². The van der Waals surface area contributed by atoms with E-state index in [1.54, 1.807) is 12.1 Å². The molecule has 1 unspecified atom stereocenters. The van der Waals surface area contributed by atoms with E-state index in [0.29, 0.717) is 23.9 Å². The van der Waals surface area contributed by atoms with Gasteiger partial charge in [0.25, 0.3) is 0 Å². The summed E-state index contributed by atoms with van der Waals surface area (Å²) < 4.78 is 10.9. The summed E-state index contributed by atoms with van der Waals surface area (Å²) in [5.41, 5.74) is 0. The van der Waals surface area contributed by atoms with Crippen LogP contribution in [0.3, 0.4) is 0 Å². The number of halogens is 1. The van der Waals surface area contributed by atoms with Crippen LogP contribution in [0.25, 0.3) is 0 Å². The summed E-state index contributed by atoms with van der Waals surface area (Å²) in [6, 6.07) is 7.14. The minimum atomic E-state index is -0.551. The average molecular weight is 302 g/mol. The lowest BCUT2D eigenvalue weighted by Gasteiger charge is -2.13. The van der Waals surface area contributed by atoms with Gasteiger partial charge in [-0.25, -0.2) is 0 Å². The van der Waals surface area contributed by atoms with Gasteiger partial charge in [-0.05, 0) is 24.6 Å². The Hall–Kier alpha value is -0.810. The number of hydrogen-bond acceptors (Lipinski definition) is 4. The van der Waals surface area contributed by atoms with Crippen molar-refractivity contribution < 1.29 is 14.6 Å². The molecule has 0 aliphatic heterocycles. The van der Waals surface area contributed by atoms with Gasteiger partial charge in [0, 0.05) is 24.7 Å². The molecule has 20 heavy (non-hydrogen) atoms. The minimum absolute atomic E-state index is 0.240. The van der Waals surface area contributed by atoms with E-state index in [1.165, 1.54) is 0 Å². The van der Waals surface area contributed by atoms with Crippen LogP contribution in [0.4, 0.5) is 0 Å². The quantitative estimate of drug-likeness (QED) is 0.617. The molecular weight excluding hydrogens is 278 g/mol. The van der Waals surface area contributed by atoms with Crippen molar-refractivity contribution in [3.8, 4) is 5.75 Å². The Balaban J connectivity index is 2.01. The molecule has 0 radical (unpaired) electrons. The number of ether oxygens (including phenoxy) is 2. The van der Waals surface area contributed by atoms with E-state index >= 15 is 0 Å². The molecule has 0 heterocycles. The highest BCUT2D eigenvalue weighted by Gasteiger charge is 2.05. The summed E-state index contributed by atoms with van der Waals surface area (Å²) in [6.45, 7) is 5.07. The van der Waals surface area contributed by atoms with Crippen LogP contribution in [0.2, 0.25) is 5.02 Å². The predicted molar refractivity (Wildman–Crippen MR) is 81.6 cm³/mol. The zero-order chi connectivity index (χ0) is 14.6. The van der Waals surface area contributed by atoms with Gasteiger partial charge in [0.05, 0.1) is 6.61 Å². The lowest BCUT2D eigenvalue weighted by atomic mass is 10.3. The van der Waals surface area contributed by atoms with Crippen LogP contribution in [0, 0.1) is 0 Å². The molecule has 0 spiro atoms.